The Morgan fingerprint density at radius 2 is 1.91 bits per heavy atom. The molecule has 1 atom stereocenters. The fraction of sp³-hybridized carbons (Fsp3) is 0.350. The summed E-state index contributed by atoms with van der Waals surface area (Å²) in [6.45, 7) is 1.95. The van der Waals surface area contributed by atoms with E-state index in [9.17, 15) is 23.3 Å². The minimum atomic E-state index is -4.09. The molecule has 1 aliphatic rings. The van der Waals surface area contributed by atoms with Gasteiger partial charge in [0, 0.05) is 42.3 Å². The molecule has 3 rings (SSSR count). The number of ether oxygens (including phenoxy) is 1. The van der Waals surface area contributed by atoms with Crippen LogP contribution in [-0.2, 0) is 19.6 Å². The van der Waals surface area contributed by atoms with E-state index in [1.165, 1.54) is 23.9 Å². The van der Waals surface area contributed by atoms with Crippen LogP contribution in [0.15, 0.2) is 58.3 Å². The van der Waals surface area contributed by atoms with Crippen molar-refractivity contribution in [3.05, 3.63) is 58.6 Å². The third-order valence-corrected chi connectivity index (χ3v) is 6.92. The number of nitro groups is 1. The first-order chi connectivity index (χ1) is 15.2. The van der Waals surface area contributed by atoms with Gasteiger partial charge < -0.3 is 15.0 Å². The van der Waals surface area contributed by atoms with Gasteiger partial charge in [0.25, 0.3) is 5.69 Å². The lowest BCUT2D eigenvalue weighted by Crippen LogP contribution is -2.43. The first-order valence-electron chi connectivity index (χ1n) is 9.85. The van der Waals surface area contributed by atoms with E-state index in [2.05, 4.69) is 5.32 Å². The molecule has 10 nitrogen and oxygen atoms in total. The Kier molecular flexibility index (Phi) is 8.07. The topological polar surface area (TPSA) is 145 Å². The summed E-state index contributed by atoms with van der Waals surface area (Å²) in [6, 6.07) is 12.6. The summed E-state index contributed by atoms with van der Waals surface area (Å²) in [7, 11) is -4.09. The van der Waals surface area contributed by atoms with Crippen molar-refractivity contribution in [3.8, 4) is 0 Å². The van der Waals surface area contributed by atoms with E-state index < -0.39 is 26.7 Å². The molecule has 0 aliphatic carbocycles. The maximum Gasteiger partial charge on any atom is 0.293 e. The predicted molar refractivity (Wildman–Crippen MR) is 121 cm³/mol. The van der Waals surface area contributed by atoms with Crippen molar-refractivity contribution in [1.29, 1.82) is 0 Å². The van der Waals surface area contributed by atoms with Gasteiger partial charge in [0.15, 0.2) is 0 Å². The number of sulfonamides is 1. The highest BCUT2D eigenvalue weighted by Crippen LogP contribution is 2.29. The molecule has 0 radical (unpaired) electrons. The molecular formula is C20H24N4O6S2. The van der Waals surface area contributed by atoms with Gasteiger partial charge in [-0.25, -0.2) is 13.6 Å². The SMILES string of the molecule is NS(=O)(=O)c1ccc(NC(CSc2ccccc2)CC(=O)N2CCOCC2)c([N+](=O)[O-])c1. The molecule has 1 fully saturated rings. The van der Waals surface area contributed by atoms with Gasteiger partial charge in [-0.3, -0.25) is 14.9 Å². The second-order valence-corrected chi connectivity index (χ2v) is 9.80. The molecule has 12 heteroatoms. The van der Waals surface area contributed by atoms with Crippen LogP contribution in [0.5, 0.6) is 0 Å². The van der Waals surface area contributed by atoms with Crippen LogP contribution in [0.3, 0.4) is 0 Å². The molecule has 2 aromatic rings. The van der Waals surface area contributed by atoms with Gasteiger partial charge in [-0.1, -0.05) is 18.2 Å². The Morgan fingerprint density at radius 1 is 1.22 bits per heavy atom. The summed E-state index contributed by atoms with van der Waals surface area (Å²) in [4.78, 5) is 26.1. The summed E-state index contributed by atoms with van der Waals surface area (Å²) in [5.41, 5.74) is -0.305. The Bertz CT molecular complexity index is 1060. The molecule has 1 aliphatic heterocycles. The molecule has 32 heavy (non-hydrogen) atoms. The second kappa shape index (κ2) is 10.8. The Balaban J connectivity index is 1.81. The van der Waals surface area contributed by atoms with Crippen LogP contribution in [0.4, 0.5) is 11.4 Å². The van der Waals surface area contributed by atoms with Gasteiger partial charge in [0.1, 0.15) is 5.69 Å². The normalized spacial score (nSPS) is 15.2. The molecular weight excluding hydrogens is 456 g/mol. The number of amides is 1. The zero-order valence-corrected chi connectivity index (χ0v) is 18.8. The van der Waals surface area contributed by atoms with Gasteiger partial charge in [0.2, 0.25) is 15.9 Å². The largest absolute Gasteiger partial charge is 0.378 e. The highest BCUT2D eigenvalue weighted by molar-refractivity contribution is 7.99. The fourth-order valence-electron chi connectivity index (χ4n) is 3.20. The van der Waals surface area contributed by atoms with Gasteiger partial charge in [0.05, 0.1) is 23.0 Å². The van der Waals surface area contributed by atoms with Crippen LogP contribution in [0.1, 0.15) is 6.42 Å². The van der Waals surface area contributed by atoms with E-state index in [1.54, 1.807) is 4.90 Å². The summed E-state index contributed by atoms with van der Waals surface area (Å²) < 4.78 is 28.5. The van der Waals surface area contributed by atoms with E-state index in [4.69, 9.17) is 9.88 Å². The smallest absolute Gasteiger partial charge is 0.293 e. The Hall–Kier alpha value is -2.67. The first-order valence-corrected chi connectivity index (χ1v) is 12.4. The number of nitrogens with two attached hydrogens (primary N) is 1. The molecule has 3 N–H and O–H groups in total. The third kappa shape index (κ3) is 6.66. The number of benzene rings is 2. The van der Waals surface area contributed by atoms with Crippen molar-refractivity contribution in [2.24, 2.45) is 5.14 Å². The monoisotopic (exact) mass is 480 g/mol. The molecule has 0 saturated carbocycles. The maximum atomic E-state index is 12.8. The predicted octanol–water partition coefficient (Wildman–Crippen LogP) is 2.06. The summed E-state index contributed by atoms with van der Waals surface area (Å²) in [5.74, 6) is 0.386. The molecule has 0 bridgehead atoms. The number of hydrogen-bond acceptors (Lipinski definition) is 8. The van der Waals surface area contributed by atoms with Crippen LogP contribution < -0.4 is 10.5 Å². The lowest BCUT2D eigenvalue weighted by Gasteiger charge is -2.29. The highest BCUT2D eigenvalue weighted by atomic mass is 32.2. The number of rotatable bonds is 9. The molecule has 0 aromatic heterocycles. The molecule has 0 spiro atoms. The van der Waals surface area contributed by atoms with E-state index >= 15 is 0 Å². The number of thioether (sulfide) groups is 1. The molecule has 2 aromatic carbocycles. The van der Waals surface area contributed by atoms with Crippen molar-refractivity contribution < 1.29 is 22.9 Å². The van der Waals surface area contributed by atoms with E-state index in [0.29, 0.717) is 32.1 Å². The zero-order valence-electron chi connectivity index (χ0n) is 17.2. The summed E-state index contributed by atoms with van der Waals surface area (Å²) in [6.07, 6.45) is 0.119. The number of carbonyl (C=O) groups is 1. The van der Waals surface area contributed by atoms with Gasteiger partial charge in [-0.2, -0.15) is 0 Å². The molecule has 1 unspecified atom stereocenters. The zero-order chi connectivity index (χ0) is 23.1. The Morgan fingerprint density at radius 3 is 2.53 bits per heavy atom. The maximum absolute atomic E-state index is 12.8. The Labute approximate surface area is 190 Å². The van der Waals surface area contributed by atoms with E-state index in [-0.39, 0.29) is 22.9 Å². The summed E-state index contributed by atoms with van der Waals surface area (Å²) >= 11 is 1.51. The number of carbonyl (C=O) groups excluding carboxylic acids is 1. The number of primary sulfonamides is 1. The van der Waals surface area contributed by atoms with E-state index in [0.717, 1.165) is 11.0 Å². The lowest BCUT2D eigenvalue weighted by molar-refractivity contribution is -0.384. The minimum absolute atomic E-state index is 0.0803. The van der Waals surface area contributed by atoms with Gasteiger partial charge in [-0.05, 0) is 24.3 Å². The number of hydrogen-bond donors (Lipinski definition) is 2. The van der Waals surface area contributed by atoms with Crippen molar-refractivity contribution in [1.82, 2.24) is 4.90 Å². The quantitative estimate of drug-likeness (QED) is 0.315. The van der Waals surface area contributed by atoms with Crippen LogP contribution in [-0.4, -0.2) is 62.2 Å². The van der Waals surface area contributed by atoms with E-state index in [1.807, 2.05) is 30.3 Å². The molecule has 172 valence electrons. The number of nitrogens with one attached hydrogen (secondary N) is 1. The average Bonchev–Trinajstić information content (AvgIpc) is 2.78. The minimum Gasteiger partial charge on any atom is -0.378 e. The van der Waals surface area contributed by atoms with Crippen LogP contribution in [0.2, 0.25) is 0 Å². The van der Waals surface area contributed by atoms with Crippen LogP contribution in [0, 0.1) is 10.1 Å². The molecule has 1 amide bonds. The number of morpholine rings is 1. The standard InChI is InChI=1S/C20H24N4O6S2/c21-32(28,29)17-6-7-18(19(13-17)24(26)27)22-15(14-31-16-4-2-1-3-5-16)12-20(25)23-8-10-30-11-9-23/h1-7,13,15,22H,8-12,14H2,(H2,21,28,29). The first kappa shape index (κ1) is 24.0. The summed E-state index contributed by atoms with van der Waals surface area (Å²) in [5, 5.41) is 19.7. The third-order valence-electron chi connectivity index (χ3n) is 4.83. The number of nitrogens with zero attached hydrogens (tertiary/aromatic N) is 2. The van der Waals surface area contributed by atoms with Crippen LogP contribution in [0.25, 0.3) is 0 Å². The van der Waals surface area contributed by atoms with Gasteiger partial charge in [-0.15, -0.1) is 11.8 Å². The number of anilines is 1. The van der Waals surface area contributed by atoms with Crippen molar-refractivity contribution in [2.75, 3.05) is 37.4 Å². The van der Waals surface area contributed by atoms with Crippen molar-refractivity contribution in [2.45, 2.75) is 22.3 Å². The van der Waals surface area contributed by atoms with Crippen molar-refractivity contribution >= 4 is 39.1 Å². The van der Waals surface area contributed by atoms with Crippen LogP contribution >= 0.6 is 11.8 Å². The van der Waals surface area contributed by atoms with Gasteiger partial charge >= 0.3 is 0 Å². The van der Waals surface area contributed by atoms with Crippen molar-refractivity contribution in [3.63, 3.8) is 0 Å². The fourth-order valence-corrected chi connectivity index (χ4v) is 4.68. The highest BCUT2D eigenvalue weighted by Gasteiger charge is 2.25. The molecule has 1 saturated heterocycles. The average molecular weight is 481 g/mol. The second-order valence-electron chi connectivity index (χ2n) is 7.14. The number of nitro benzene ring substituents is 1. The molecule has 1 heterocycles. The lowest BCUT2D eigenvalue weighted by atomic mass is 10.1.